The molecule has 1 fully saturated rings. The van der Waals surface area contributed by atoms with Gasteiger partial charge in [-0.25, -0.2) is 0 Å². The van der Waals surface area contributed by atoms with Crippen LogP contribution in [0.4, 0.5) is 0 Å². The minimum atomic E-state index is -0.102. The van der Waals surface area contributed by atoms with Crippen molar-refractivity contribution in [1.29, 1.82) is 0 Å². The van der Waals surface area contributed by atoms with Crippen molar-refractivity contribution in [2.45, 2.75) is 50.8 Å². The Bertz CT molecular complexity index is 202. The van der Waals surface area contributed by atoms with Gasteiger partial charge >= 0.3 is 0 Å². The van der Waals surface area contributed by atoms with Gasteiger partial charge in [0.2, 0.25) is 0 Å². The molecule has 1 unspecified atom stereocenters. The maximum absolute atomic E-state index is 9.63. The first-order valence-corrected chi connectivity index (χ1v) is 5.39. The van der Waals surface area contributed by atoms with Crippen molar-refractivity contribution in [2.75, 3.05) is 6.54 Å². The van der Waals surface area contributed by atoms with Crippen LogP contribution in [0.3, 0.4) is 0 Å². The van der Waals surface area contributed by atoms with Crippen molar-refractivity contribution in [3.63, 3.8) is 0 Å². The van der Waals surface area contributed by atoms with Crippen LogP contribution in [0.25, 0.3) is 0 Å². The van der Waals surface area contributed by atoms with Gasteiger partial charge in [-0.15, -0.1) is 0 Å². The molecule has 2 nitrogen and oxygen atoms in total. The fourth-order valence-electron chi connectivity index (χ4n) is 2.49. The van der Waals surface area contributed by atoms with E-state index in [-0.39, 0.29) is 6.10 Å². The Morgan fingerprint density at radius 3 is 2.77 bits per heavy atom. The Hall–Kier alpha value is -0.340. The van der Waals surface area contributed by atoms with Gasteiger partial charge in [0, 0.05) is 18.6 Å². The zero-order chi connectivity index (χ0) is 9.26. The topological polar surface area (TPSA) is 23.5 Å². The predicted octanol–water partition coefficient (Wildman–Crippen LogP) is 1.55. The summed E-state index contributed by atoms with van der Waals surface area (Å²) in [5.74, 6) is 0. The van der Waals surface area contributed by atoms with Crippen LogP contribution in [0.15, 0.2) is 12.2 Å². The molecule has 0 amide bonds. The summed E-state index contributed by atoms with van der Waals surface area (Å²) in [7, 11) is 0. The predicted molar refractivity (Wildman–Crippen MR) is 53.6 cm³/mol. The molecule has 1 N–H and O–H groups in total. The van der Waals surface area contributed by atoms with Gasteiger partial charge in [0.15, 0.2) is 0 Å². The molecule has 3 atom stereocenters. The van der Waals surface area contributed by atoms with Crippen LogP contribution in [-0.2, 0) is 0 Å². The maximum Gasteiger partial charge on any atom is 0.0705 e. The first-order chi connectivity index (χ1) is 6.29. The first-order valence-electron chi connectivity index (χ1n) is 5.39. The van der Waals surface area contributed by atoms with E-state index in [4.69, 9.17) is 0 Å². The third kappa shape index (κ3) is 1.79. The fourth-order valence-corrected chi connectivity index (χ4v) is 2.49. The molecular formula is C11H19NO. The molecular weight excluding hydrogens is 162 g/mol. The highest BCUT2D eigenvalue weighted by atomic mass is 16.3. The molecule has 1 saturated heterocycles. The van der Waals surface area contributed by atoms with Crippen LogP contribution in [-0.4, -0.2) is 34.7 Å². The van der Waals surface area contributed by atoms with Gasteiger partial charge in [-0.05, 0) is 32.6 Å². The summed E-state index contributed by atoms with van der Waals surface area (Å²) in [6.07, 6.45) is 9.26. The molecule has 0 spiro atoms. The van der Waals surface area contributed by atoms with E-state index in [1.165, 1.54) is 19.3 Å². The number of nitrogens with zero attached hydrogens (tertiary/aromatic N) is 1. The number of likely N-dealkylation sites (tertiary alicyclic amines) is 1. The van der Waals surface area contributed by atoms with Crippen LogP contribution in [0, 0.1) is 0 Å². The van der Waals surface area contributed by atoms with Gasteiger partial charge in [-0.3, -0.25) is 4.90 Å². The van der Waals surface area contributed by atoms with Crippen molar-refractivity contribution in [2.24, 2.45) is 0 Å². The SMILES string of the molecule is C[C@H]1[C@H](O)CCN1C1C=CCCC1. The van der Waals surface area contributed by atoms with Gasteiger partial charge in [-0.1, -0.05) is 12.2 Å². The summed E-state index contributed by atoms with van der Waals surface area (Å²) in [5, 5.41) is 9.63. The Morgan fingerprint density at radius 2 is 2.23 bits per heavy atom. The second-order valence-corrected chi connectivity index (χ2v) is 4.26. The smallest absolute Gasteiger partial charge is 0.0705 e. The van der Waals surface area contributed by atoms with E-state index in [9.17, 15) is 5.11 Å². The van der Waals surface area contributed by atoms with E-state index in [2.05, 4.69) is 24.0 Å². The van der Waals surface area contributed by atoms with E-state index >= 15 is 0 Å². The lowest BCUT2D eigenvalue weighted by Gasteiger charge is -2.31. The average Bonchev–Trinajstić information content (AvgIpc) is 2.49. The third-order valence-electron chi connectivity index (χ3n) is 3.42. The molecule has 2 heteroatoms. The summed E-state index contributed by atoms with van der Waals surface area (Å²) in [6.45, 7) is 3.21. The molecule has 0 aromatic heterocycles. The first kappa shape index (κ1) is 9.22. The van der Waals surface area contributed by atoms with Gasteiger partial charge < -0.3 is 5.11 Å². The number of rotatable bonds is 1. The van der Waals surface area contributed by atoms with Crippen molar-refractivity contribution in [3.05, 3.63) is 12.2 Å². The van der Waals surface area contributed by atoms with Crippen LogP contribution < -0.4 is 0 Å². The van der Waals surface area contributed by atoms with Crippen molar-refractivity contribution >= 4 is 0 Å². The quantitative estimate of drug-likeness (QED) is 0.620. The molecule has 0 aromatic carbocycles. The van der Waals surface area contributed by atoms with Crippen LogP contribution in [0.2, 0.25) is 0 Å². The Labute approximate surface area is 80.2 Å². The summed E-state index contributed by atoms with van der Waals surface area (Å²) < 4.78 is 0. The highest BCUT2D eigenvalue weighted by Crippen LogP contribution is 2.25. The van der Waals surface area contributed by atoms with Gasteiger partial charge in [-0.2, -0.15) is 0 Å². The largest absolute Gasteiger partial charge is 0.391 e. The zero-order valence-corrected chi connectivity index (χ0v) is 8.32. The van der Waals surface area contributed by atoms with Crippen molar-refractivity contribution in [1.82, 2.24) is 4.90 Å². The molecule has 1 aliphatic carbocycles. The number of hydrogen-bond acceptors (Lipinski definition) is 2. The minimum absolute atomic E-state index is 0.102. The van der Waals surface area contributed by atoms with E-state index in [0.29, 0.717) is 12.1 Å². The Balaban J connectivity index is 2.00. The van der Waals surface area contributed by atoms with Crippen molar-refractivity contribution < 1.29 is 5.11 Å². The molecule has 2 rings (SSSR count). The highest BCUT2D eigenvalue weighted by molar-refractivity contribution is 5.02. The molecule has 1 heterocycles. The second kappa shape index (κ2) is 3.81. The van der Waals surface area contributed by atoms with Gasteiger partial charge in [0.1, 0.15) is 0 Å². The van der Waals surface area contributed by atoms with E-state index < -0.39 is 0 Å². The second-order valence-electron chi connectivity index (χ2n) is 4.26. The van der Waals surface area contributed by atoms with Crippen molar-refractivity contribution in [3.8, 4) is 0 Å². The highest BCUT2D eigenvalue weighted by Gasteiger charge is 2.32. The standard InChI is InChI=1S/C11H19NO/c1-9-11(13)7-8-12(9)10-5-3-2-4-6-10/h3,5,9-11,13H,2,4,6-8H2,1H3/t9-,10?,11+/m0/s1. The summed E-state index contributed by atoms with van der Waals surface area (Å²) in [5.41, 5.74) is 0. The van der Waals surface area contributed by atoms with E-state index in [1.54, 1.807) is 0 Å². The Kier molecular flexibility index (Phi) is 2.70. The van der Waals surface area contributed by atoms with Crippen LogP contribution >= 0.6 is 0 Å². The van der Waals surface area contributed by atoms with Crippen LogP contribution in [0.5, 0.6) is 0 Å². The monoisotopic (exact) mass is 181 g/mol. The third-order valence-corrected chi connectivity index (χ3v) is 3.42. The summed E-state index contributed by atoms with van der Waals surface area (Å²) in [6, 6.07) is 0.952. The molecule has 74 valence electrons. The van der Waals surface area contributed by atoms with E-state index in [1.807, 2.05) is 0 Å². The minimum Gasteiger partial charge on any atom is -0.391 e. The molecule has 0 aromatic rings. The zero-order valence-electron chi connectivity index (χ0n) is 8.32. The lowest BCUT2D eigenvalue weighted by Crippen LogP contribution is -2.40. The molecule has 0 bridgehead atoms. The summed E-state index contributed by atoms with van der Waals surface area (Å²) >= 11 is 0. The van der Waals surface area contributed by atoms with Gasteiger partial charge in [0.25, 0.3) is 0 Å². The van der Waals surface area contributed by atoms with E-state index in [0.717, 1.165) is 13.0 Å². The normalized spacial score (nSPS) is 41.2. The lowest BCUT2D eigenvalue weighted by atomic mass is 10.0. The number of aliphatic hydroxyl groups is 1. The maximum atomic E-state index is 9.63. The molecule has 1 aliphatic heterocycles. The summed E-state index contributed by atoms with van der Waals surface area (Å²) in [4.78, 5) is 2.44. The molecule has 0 radical (unpaired) electrons. The number of allylic oxidation sites excluding steroid dienone is 1. The van der Waals surface area contributed by atoms with Crippen LogP contribution in [0.1, 0.15) is 32.6 Å². The Morgan fingerprint density at radius 1 is 1.38 bits per heavy atom. The average molecular weight is 181 g/mol. The fraction of sp³-hybridized carbons (Fsp3) is 0.818. The molecule has 13 heavy (non-hydrogen) atoms. The van der Waals surface area contributed by atoms with Gasteiger partial charge in [0.05, 0.1) is 6.10 Å². The number of hydrogen-bond donors (Lipinski definition) is 1. The number of aliphatic hydroxyl groups excluding tert-OH is 1. The molecule has 2 aliphatic rings. The molecule has 0 saturated carbocycles. The lowest BCUT2D eigenvalue weighted by molar-refractivity contribution is 0.110.